The van der Waals surface area contributed by atoms with Gasteiger partial charge in [-0.2, -0.15) is 15.0 Å². The van der Waals surface area contributed by atoms with Crippen molar-refractivity contribution >= 4 is 23.5 Å². The summed E-state index contributed by atoms with van der Waals surface area (Å²) in [5.41, 5.74) is 26.2. The van der Waals surface area contributed by atoms with Gasteiger partial charge in [-0.05, 0) is 61.1 Å². The summed E-state index contributed by atoms with van der Waals surface area (Å²) in [4.78, 5) is 31.2. The average molecular weight is 625 g/mol. The molecule has 248 valence electrons. The van der Waals surface area contributed by atoms with Crippen LogP contribution in [0, 0.1) is 17.8 Å². The van der Waals surface area contributed by atoms with Gasteiger partial charge in [0.2, 0.25) is 17.8 Å². The summed E-state index contributed by atoms with van der Waals surface area (Å²) < 4.78 is 6.10. The van der Waals surface area contributed by atoms with Crippen LogP contribution in [0.5, 0.6) is 5.75 Å². The number of nitrogens with zero attached hydrogens (tertiary/aromatic N) is 5. The number of nitrogens with two attached hydrogens (primary N) is 4. The van der Waals surface area contributed by atoms with E-state index in [1.54, 1.807) is 12.1 Å². The lowest BCUT2D eigenvalue weighted by molar-refractivity contribution is -0.126. The van der Waals surface area contributed by atoms with Crippen LogP contribution < -0.4 is 38.1 Å². The maximum atomic E-state index is 12.8. The molecular weight excluding hydrogens is 572 g/mol. The maximum absolute atomic E-state index is 12.8. The zero-order chi connectivity index (χ0) is 32.2. The Hall–Kier alpha value is -3.10. The van der Waals surface area contributed by atoms with Gasteiger partial charge >= 0.3 is 0 Å². The van der Waals surface area contributed by atoms with Crippen LogP contribution in [-0.2, 0) is 16.0 Å². The molecule has 0 unspecified atom stereocenters. The lowest BCUT2D eigenvalue weighted by atomic mass is 9.75. The highest BCUT2D eigenvalue weighted by Gasteiger charge is 2.32. The molecule has 1 amide bonds. The molecule has 5 rings (SSSR count). The quantitative estimate of drug-likeness (QED) is 0.218. The smallest absolute Gasteiger partial charge is 0.250 e. The third-order valence-corrected chi connectivity index (χ3v) is 9.34. The highest BCUT2D eigenvalue weighted by Crippen LogP contribution is 2.35. The highest BCUT2D eigenvalue weighted by molar-refractivity contribution is 5.93. The largest absolute Gasteiger partial charge is 0.506 e. The molecule has 2 saturated heterocycles. The zero-order valence-electron chi connectivity index (χ0n) is 26.9. The van der Waals surface area contributed by atoms with Gasteiger partial charge in [0.05, 0.1) is 11.8 Å². The molecule has 2 aromatic rings. The molecule has 3 fully saturated rings. The van der Waals surface area contributed by atoms with Crippen molar-refractivity contribution < 1.29 is 14.6 Å². The van der Waals surface area contributed by atoms with Crippen molar-refractivity contribution in [3.05, 3.63) is 29.6 Å². The molecule has 45 heavy (non-hydrogen) atoms. The minimum atomic E-state index is -0.290. The Morgan fingerprint density at radius 3 is 2.04 bits per heavy atom. The number of nitrogens with one attached hydrogen (secondary N) is 1. The van der Waals surface area contributed by atoms with E-state index in [1.807, 2.05) is 15.9 Å². The topological polar surface area (TPSA) is 208 Å². The van der Waals surface area contributed by atoms with Crippen LogP contribution in [0.15, 0.2) is 18.2 Å². The van der Waals surface area contributed by atoms with E-state index in [0.717, 1.165) is 31.2 Å². The van der Waals surface area contributed by atoms with Crippen molar-refractivity contribution in [3.63, 3.8) is 0 Å². The van der Waals surface area contributed by atoms with E-state index in [2.05, 4.69) is 26.1 Å². The lowest BCUT2D eigenvalue weighted by Crippen LogP contribution is -2.54. The Bertz CT molecular complexity index is 1250. The van der Waals surface area contributed by atoms with E-state index in [9.17, 15) is 9.90 Å². The molecule has 10 N–H and O–H groups in total. The molecule has 1 aromatic carbocycles. The predicted octanol–water partition coefficient (Wildman–Crippen LogP) is 1.31. The van der Waals surface area contributed by atoms with E-state index in [0.29, 0.717) is 73.8 Å². The Balaban J connectivity index is 1.28. The predicted molar refractivity (Wildman–Crippen MR) is 176 cm³/mol. The number of phenols is 1. The monoisotopic (exact) mass is 624 g/mol. The molecule has 1 aliphatic carbocycles. The summed E-state index contributed by atoms with van der Waals surface area (Å²) in [6.07, 6.45) is 5.16. The van der Waals surface area contributed by atoms with Gasteiger partial charge < -0.3 is 47.9 Å². The van der Waals surface area contributed by atoms with Gasteiger partial charge in [0, 0.05) is 56.8 Å². The van der Waals surface area contributed by atoms with Crippen molar-refractivity contribution in [1.82, 2.24) is 15.0 Å². The zero-order valence-corrected chi connectivity index (χ0v) is 26.9. The number of rotatable bonds is 9. The van der Waals surface area contributed by atoms with Crippen molar-refractivity contribution in [2.75, 3.05) is 47.9 Å². The highest BCUT2D eigenvalue weighted by atomic mass is 16.5. The van der Waals surface area contributed by atoms with Crippen molar-refractivity contribution in [1.29, 1.82) is 0 Å². The fourth-order valence-electron chi connectivity index (χ4n) is 7.09. The lowest BCUT2D eigenvalue weighted by Gasteiger charge is -2.37. The molecule has 1 saturated carbocycles. The second-order valence-corrected chi connectivity index (χ2v) is 13.9. The van der Waals surface area contributed by atoms with E-state index >= 15 is 0 Å². The van der Waals surface area contributed by atoms with E-state index in [1.165, 1.54) is 6.42 Å². The third-order valence-electron chi connectivity index (χ3n) is 9.34. The second kappa shape index (κ2) is 14.5. The van der Waals surface area contributed by atoms with Gasteiger partial charge in [-0.25, -0.2) is 0 Å². The molecule has 1 aromatic heterocycles. The summed E-state index contributed by atoms with van der Waals surface area (Å²) in [6.45, 7) is 8.98. The number of ether oxygens (including phenoxy) is 1. The minimum Gasteiger partial charge on any atom is -0.506 e. The molecule has 13 nitrogen and oxygen atoms in total. The number of benzene rings is 1. The van der Waals surface area contributed by atoms with Gasteiger partial charge in [0.25, 0.3) is 0 Å². The van der Waals surface area contributed by atoms with Gasteiger partial charge in [0.1, 0.15) is 18.2 Å². The van der Waals surface area contributed by atoms with Gasteiger partial charge in [-0.3, -0.25) is 4.79 Å². The van der Waals surface area contributed by atoms with Crippen LogP contribution in [0.25, 0.3) is 0 Å². The molecule has 0 radical (unpaired) electrons. The first kappa shape index (κ1) is 33.3. The first-order chi connectivity index (χ1) is 21.4. The summed E-state index contributed by atoms with van der Waals surface area (Å²) in [6, 6.07) is 4.83. The van der Waals surface area contributed by atoms with Crippen molar-refractivity contribution in [3.8, 4) is 5.75 Å². The third kappa shape index (κ3) is 8.79. The Labute approximate surface area is 266 Å². The summed E-state index contributed by atoms with van der Waals surface area (Å²) >= 11 is 0. The normalized spacial score (nSPS) is 29.2. The second-order valence-electron chi connectivity index (χ2n) is 13.9. The number of carbonyl (C=O) groups excluding carboxylic acids is 1. The van der Waals surface area contributed by atoms with Gasteiger partial charge in [-0.1, -0.05) is 33.3 Å². The van der Waals surface area contributed by atoms with Crippen LogP contribution in [0.1, 0.15) is 64.3 Å². The van der Waals surface area contributed by atoms with Gasteiger partial charge in [-0.15, -0.1) is 0 Å². The van der Waals surface area contributed by atoms with Crippen LogP contribution in [0.3, 0.4) is 0 Å². The number of anilines is 3. The number of carbonyl (C=O) groups is 1. The fraction of sp³-hybridized carbons (Fsp3) is 0.688. The molecule has 13 heteroatoms. The first-order valence-electron chi connectivity index (χ1n) is 16.4. The number of aromatic hydroxyl groups is 1. The molecular formula is C32H52N10O3. The Kier molecular flexibility index (Phi) is 10.8. The summed E-state index contributed by atoms with van der Waals surface area (Å²) in [7, 11) is 0. The SMILES string of the molecule is CC(C)[C@@H]1CC[C@H](C)C[C@@H]1OCC(=O)Nc1ccc(Cc2nc(N3C[C@H](N)C[C@H](N)C3)nc(N3C[C@H](N)C[C@H](N)C3)n2)cc1O. The number of hydrogen-bond acceptors (Lipinski definition) is 12. The van der Waals surface area contributed by atoms with Crippen LogP contribution in [-0.4, -0.2) is 89.0 Å². The van der Waals surface area contributed by atoms with Gasteiger partial charge in [0.15, 0.2) is 0 Å². The Morgan fingerprint density at radius 2 is 1.51 bits per heavy atom. The minimum absolute atomic E-state index is 0.0392. The molecule has 0 spiro atoms. The van der Waals surface area contributed by atoms with Crippen molar-refractivity contribution in [2.45, 2.75) is 89.6 Å². The van der Waals surface area contributed by atoms with Crippen LogP contribution in [0.2, 0.25) is 0 Å². The molecule has 3 heterocycles. The van der Waals surface area contributed by atoms with Crippen molar-refractivity contribution in [2.24, 2.45) is 40.7 Å². The van der Waals surface area contributed by atoms with E-state index < -0.39 is 0 Å². The Morgan fingerprint density at radius 1 is 0.933 bits per heavy atom. The van der Waals surface area contributed by atoms with E-state index in [4.69, 9.17) is 42.6 Å². The van der Waals surface area contributed by atoms with Crippen LogP contribution in [0.4, 0.5) is 17.6 Å². The number of aromatic nitrogens is 3. The molecule has 2 aliphatic heterocycles. The average Bonchev–Trinajstić information content (AvgIpc) is 2.96. The summed E-state index contributed by atoms with van der Waals surface area (Å²) in [5, 5.41) is 13.6. The summed E-state index contributed by atoms with van der Waals surface area (Å²) in [5.74, 6) is 2.76. The number of amides is 1. The fourth-order valence-corrected chi connectivity index (χ4v) is 7.09. The van der Waals surface area contributed by atoms with E-state index in [-0.39, 0.29) is 48.5 Å². The molecule has 3 aliphatic rings. The maximum Gasteiger partial charge on any atom is 0.250 e. The molecule has 0 bridgehead atoms. The molecule has 7 atom stereocenters. The van der Waals surface area contributed by atoms with Crippen LogP contribution >= 0.6 is 0 Å². The first-order valence-corrected chi connectivity index (χ1v) is 16.4. The standard InChI is InChI=1S/C32H52N10O3/c1-18(2)25-6-4-19(3)8-28(25)45-17-30(44)37-26-7-5-20(9-27(26)43)10-29-38-31(41-13-21(33)11-22(34)14-41)40-32(39-29)42-15-23(35)12-24(36)16-42/h5,7,9,18-19,21-25,28,43H,4,6,8,10-17,33-36H2,1-3H3,(H,37,44)/t19-,21-,22+,23-,24+,25-,28-/m0/s1. The number of piperidine rings is 2. The number of hydrogen-bond donors (Lipinski definition) is 6. The number of phenolic OH excluding ortho intramolecular Hbond substituents is 1.